The van der Waals surface area contributed by atoms with Gasteiger partial charge in [0.2, 0.25) is 17.7 Å². The number of phosphoric ester groups is 1. The van der Waals surface area contributed by atoms with Crippen LogP contribution < -0.4 is 10.6 Å². The van der Waals surface area contributed by atoms with Crippen molar-refractivity contribution >= 4 is 25.5 Å². The molecule has 196 valence electrons. The van der Waals surface area contributed by atoms with Crippen LogP contribution in [0.5, 0.6) is 0 Å². The average molecular weight is 525 g/mol. The van der Waals surface area contributed by atoms with Gasteiger partial charge in [0.05, 0.1) is 18.8 Å². The van der Waals surface area contributed by atoms with Gasteiger partial charge in [0, 0.05) is 20.0 Å². The molecule has 35 heavy (non-hydrogen) atoms. The maximum absolute atomic E-state index is 13.0. The van der Waals surface area contributed by atoms with E-state index in [0.29, 0.717) is 18.4 Å². The number of hydrogen-bond donors (Lipinski definition) is 5. The Morgan fingerprint density at radius 1 is 1.11 bits per heavy atom. The molecule has 0 bridgehead atoms. The largest absolute Gasteiger partial charge is 0.469 e. The second-order valence-electron chi connectivity index (χ2n) is 8.00. The van der Waals surface area contributed by atoms with Crippen LogP contribution in [0.4, 0.5) is 13.2 Å². The number of carbonyl (C=O) groups excluding carboxylic acids is 3. The predicted octanol–water partition coefficient (Wildman–Crippen LogP) is 0.502. The SMILES string of the molecule is CC(=O)NC(CO)C(=O)N[C@@H](COP(=O)(O)O)C(=O)N1CCC(c2ccc(C(F)(F)F)cc2)CC1. The highest BCUT2D eigenvalue weighted by atomic mass is 31.2. The van der Waals surface area contributed by atoms with Crippen molar-refractivity contribution in [2.75, 3.05) is 26.3 Å². The topological polar surface area (TPSA) is 166 Å². The standard InChI is InChI=1S/C20H27F3N3O8P/c1-12(28)24-16(10-27)18(29)25-17(11-34-35(31,32)33)19(30)26-8-6-14(7-9-26)13-2-4-15(5-3-13)20(21,22)23/h2-5,14,16-17,27H,6-11H2,1H3,(H,24,28)(H,25,29)(H2,31,32,33)/t16?,17-/m0/s1. The van der Waals surface area contributed by atoms with Gasteiger partial charge in [-0.25, -0.2) is 4.57 Å². The Morgan fingerprint density at radius 2 is 1.69 bits per heavy atom. The fraction of sp³-hybridized carbons (Fsp3) is 0.550. The third kappa shape index (κ3) is 8.89. The number of halogens is 3. The molecule has 2 rings (SSSR count). The van der Waals surface area contributed by atoms with Crippen molar-refractivity contribution in [2.24, 2.45) is 0 Å². The first kappa shape index (κ1) is 28.7. The molecule has 1 aliphatic rings. The van der Waals surface area contributed by atoms with Crippen molar-refractivity contribution in [2.45, 2.75) is 43.9 Å². The molecule has 1 saturated heterocycles. The van der Waals surface area contributed by atoms with E-state index in [-0.39, 0.29) is 19.0 Å². The first-order valence-corrected chi connectivity index (χ1v) is 12.1. The van der Waals surface area contributed by atoms with E-state index in [4.69, 9.17) is 9.79 Å². The number of nitrogens with zero attached hydrogens (tertiary/aromatic N) is 1. The van der Waals surface area contributed by atoms with E-state index in [1.54, 1.807) is 0 Å². The van der Waals surface area contributed by atoms with Gasteiger partial charge in [-0.3, -0.25) is 18.9 Å². The molecule has 1 aliphatic heterocycles. The number of phosphoric acid groups is 1. The summed E-state index contributed by atoms with van der Waals surface area (Å²) in [5, 5.41) is 13.7. The molecule has 1 fully saturated rings. The number of likely N-dealkylation sites (tertiary alicyclic amines) is 1. The van der Waals surface area contributed by atoms with Gasteiger partial charge in [-0.1, -0.05) is 12.1 Å². The van der Waals surface area contributed by atoms with Crippen LogP contribution in [0.3, 0.4) is 0 Å². The second kappa shape index (κ2) is 12.0. The van der Waals surface area contributed by atoms with E-state index in [1.165, 1.54) is 17.0 Å². The Bertz CT molecular complexity index is 946. The number of alkyl halides is 3. The zero-order valence-electron chi connectivity index (χ0n) is 18.7. The molecule has 1 aromatic rings. The highest BCUT2D eigenvalue weighted by molar-refractivity contribution is 7.46. The minimum absolute atomic E-state index is 0.112. The van der Waals surface area contributed by atoms with Gasteiger partial charge >= 0.3 is 14.0 Å². The van der Waals surface area contributed by atoms with Crippen molar-refractivity contribution in [3.05, 3.63) is 35.4 Å². The maximum Gasteiger partial charge on any atom is 0.469 e. The summed E-state index contributed by atoms with van der Waals surface area (Å²) >= 11 is 0. The number of nitrogens with one attached hydrogen (secondary N) is 2. The van der Waals surface area contributed by atoms with Crippen molar-refractivity contribution in [1.82, 2.24) is 15.5 Å². The lowest BCUT2D eigenvalue weighted by molar-refractivity contribution is -0.139. The molecule has 0 aliphatic carbocycles. The van der Waals surface area contributed by atoms with Crippen LogP contribution in [0.2, 0.25) is 0 Å². The van der Waals surface area contributed by atoms with E-state index in [9.17, 15) is 37.2 Å². The van der Waals surface area contributed by atoms with E-state index < -0.39 is 62.6 Å². The van der Waals surface area contributed by atoms with Gasteiger partial charge in [0.25, 0.3) is 0 Å². The summed E-state index contributed by atoms with van der Waals surface area (Å²) < 4.78 is 53.8. The van der Waals surface area contributed by atoms with Crippen molar-refractivity contribution in [3.8, 4) is 0 Å². The second-order valence-corrected chi connectivity index (χ2v) is 9.24. The van der Waals surface area contributed by atoms with Crippen LogP contribution in [0.25, 0.3) is 0 Å². The minimum Gasteiger partial charge on any atom is -0.394 e. The Hall–Kier alpha value is -2.51. The summed E-state index contributed by atoms with van der Waals surface area (Å²) in [5.74, 6) is -2.41. The monoisotopic (exact) mass is 525 g/mol. The normalized spacial score (nSPS) is 16.9. The fourth-order valence-electron chi connectivity index (χ4n) is 3.66. The highest BCUT2D eigenvalue weighted by Gasteiger charge is 2.34. The molecule has 15 heteroatoms. The molecule has 1 heterocycles. The first-order valence-electron chi connectivity index (χ1n) is 10.6. The predicted molar refractivity (Wildman–Crippen MR) is 115 cm³/mol. The van der Waals surface area contributed by atoms with Crippen LogP contribution in [0, 0.1) is 0 Å². The van der Waals surface area contributed by atoms with Gasteiger partial charge in [-0.15, -0.1) is 0 Å². The number of rotatable bonds is 9. The molecule has 0 aromatic heterocycles. The van der Waals surface area contributed by atoms with Crippen molar-refractivity contribution in [3.63, 3.8) is 0 Å². The van der Waals surface area contributed by atoms with Crippen LogP contribution in [0.15, 0.2) is 24.3 Å². The van der Waals surface area contributed by atoms with Gasteiger partial charge in [-0.2, -0.15) is 13.2 Å². The molecule has 3 amide bonds. The number of benzene rings is 1. The van der Waals surface area contributed by atoms with E-state index in [2.05, 4.69) is 15.2 Å². The summed E-state index contributed by atoms with van der Waals surface area (Å²) in [7, 11) is -4.98. The number of piperidine rings is 1. The molecular formula is C20H27F3N3O8P. The van der Waals surface area contributed by atoms with Crippen molar-refractivity contribution < 1.29 is 51.5 Å². The molecule has 11 nitrogen and oxygen atoms in total. The summed E-state index contributed by atoms with van der Waals surface area (Å²) in [6.07, 6.45) is -3.64. The van der Waals surface area contributed by atoms with Crippen molar-refractivity contribution in [1.29, 1.82) is 0 Å². The van der Waals surface area contributed by atoms with Crippen LogP contribution >= 0.6 is 7.82 Å². The van der Waals surface area contributed by atoms with E-state index >= 15 is 0 Å². The zero-order valence-corrected chi connectivity index (χ0v) is 19.6. The molecule has 1 unspecified atom stereocenters. The van der Waals surface area contributed by atoms with Crippen LogP contribution in [-0.2, 0) is 29.6 Å². The Morgan fingerprint density at radius 3 is 2.14 bits per heavy atom. The molecule has 5 N–H and O–H groups in total. The van der Waals surface area contributed by atoms with Crippen LogP contribution in [0.1, 0.15) is 36.8 Å². The number of aliphatic hydroxyl groups excluding tert-OH is 1. The van der Waals surface area contributed by atoms with Gasteiger partial charge < -0.3 is 30.4 Å². The number of hydrogen-bond acceptors (Lipinski definition) is 6. The smallest absolute Gasteiger partial charge is 0.394 e. The Kier molecular flexibility index (Phi) is 9.81. The molecule has 0 saturated carbocycles. The molecule has 1 aromatic carbocycles. The lowest BCUT2D eigenvalue weighted by Gasteiger charge is -2.35. The third-order valence-electron chi connectivity index (χ3n) is 5.42. The Labute approximate surface area is 198 Å². The number of aliphatic hydroxyl groups is 1. The lowest BCUT2D eigenvalue weighted by Crippen LogP contribution is -2.57. The molecule has 2 atom stereocenters. The first-order chi connectivity index (χ1) is 16.2. The van der Waals surface area contributed by atoms with Crippen LogP contribution in [-0.4, -0.2) is 75.9 Å². The molecule has 0 radical (unpaired) electrons. The zero-order chi connectivity index (χ0) is 26.4. The molecular weight excluding hydrogens is 498 g/mol. The van der Waals surface area contributed by atoms with E-state index in [0.717, 1.165) is 19.1 Å². The Balaban J connectivity index is 2.06. The maximum atomic E-state index is 13.0. The van der Waals surface area contributed by atoms with Gasteiger partial charge in [0.1, 0.15) is 12.1 Å². The van der Waals surface area contributed by atoms with Gasteiger partial charge in [-0.05, 0) is 36.5 Å². The summed E-state index contributed by atoms with van der Waals surface area (Å²) in [6, 6.07) is 1.83. The van der Waals surface area contributed by atoms with Gasteiger partial charge in [0.15, 0.2) is 0 Å². The quantitative estimate of drug-likeness (QED) is 0.291. The highest BCUT2D eigenvalue weighted by Crippen LogP contribution is 2.36. The summed E-state index contributed by atoms with van der Waals surface area (Å²) in [4.78, 5) is 55.9. The average Bonchev–Trinajstić information content (AvgIpc) is 2.78. The molecule has 0 spiro atoms. The lowest BCUT2D eigenvalue weighted by atomic mass is 9.88. The van der Waals surface area contributed by atoms with E-state index in [1.807, 2.05) is 0 Å². The summed E-state index contributed by atoms with van der Waals surface area (Å²) in [6.45, 7) is -0.212. The number of amides is 3. The third-order valence-corrected chi connectivity index (χ3v) is 5.90. The number of carbonyl (C=O) groups is 3. The minimum atomic E-state index is -4.98. The fourth-order valence-corrected chi connectivity index (χ4v) is 4.00. The summed E-state index contributed by atoms with van der Waals surface area (Å²) in [5.41, 5.74) is -0.0844.